The summed E-state index contributed by atoms with van der Waals surface area (Å²) in [5, 5.41) is 6.53. The molecule has 1 aromatic heterocycles. The van der Waals surface area contributed by atoms with E-state index in [2.05, 4.69) is 130 Å². The van der Waals surface area contributed by atoms with Gasteiger partial charge >= 0.3 is 0 Å². The van der Waals surface area contributed by atoms with Gasteiger partial charge < -0.3 is 9.73 Å². The highest BCUT2D eigenvalue weighted by Crippen LogP contribution is 2.67. The molecule has 8 rings (SSSR count). The van der Waals surface area contributed by atoms with E-state index in [1.54, 1.807) is 22.3 Å². The lowest BCUT2D eigenvalue weighted by Crippen LogP contribution is -2.33. The molecule has 0 bridgehead atoms. The van der Waals surface area contributed by atoms with Crippen LogP contribution in [0.3, 0.4) is 0 Å². The Hall–Kier alpha value is -4.30. The van der Waals surface area contributed by atoms with Crippen LogP contribution in [0.25, 0.3) is 44.2 Å². The summed E-state index contributed by atoms with van der Waals surface area (Å²) in [6.45, 7) is 9.41. The van der Waals surface area contributed by atoms with Crippen LogP contribution in [0.5, 0.6) is 0 Å². The first-order valence-corrected chi connectivity index (χ1v) is 26.7. The fourth-order valence-electron chi connectivity index (χ4n) is 12.5. The Balaban J connectivity index is 1.41. The Morgan fingerprint density at radius 2 is 0.875 bits per heavy atom. The Labute approximate surface area is 388 Å². The first-order chi connectivity index (χ1) is 31.6. The second-order valence-corrected chi connectivity index (χ2v) is 20.1. The Morgan fingerprint density at radius 3 is 1.47 bits per heavy atom. The quantitative estimate of drug-likeness (QED) is 0.0497. The zero-order chi connectivity index (χ0) is 44.2. The second-order valence-electron chi connectivity index (χ2n) is 20.1. The van der Waals surface area contributed by atoms with Crippen molar-refractivity contribution in [2.75, 3.05) is 5.32 Å². The van der Waals surface area contributed by atoms with Gasteiger partial charge in [-0.3, -0.25) is 0 Å². The van der Waals surface area contributed by atoms with E-state index in [9.17, 15) is 0 Å². The van der Waals surface area contributed by atoms with Crippen molar-refractivity contribution in [3.63, 3.8) is 0 Å². The average Bonchev–Trinajstić information content (AvgIpc) is 3.93. The highest BCUT2D eigenvalue weighted by atomic mass is 16.3. The number of hydrogen-bond donors (Lipinski definition) is 1. The van der Waals surface area contributed by atoms with Crippen LogP contribution < -0.4 is 5.32 Å². The van der Waals surface area contributed by atoms with Crippen molar-refractivity contribution in [3.8, 4) is 22.3 Å². The summed E-state index contributed by atoms with van der Waals surface area (Å²) in [6, 6.07) is 37.1. The minimum Gasteiger partial charge on any atom is -0.455 e. The molecule has 2 unspecified atom stereocenters. The molecule has 2 heteroatoms. The minimum absolute atomic E-state index is 0.0404. The van der Waals surface area contributed by atoms with Crippen molar-refractivity contribution < 1.29 is 4.42 Å². The van der Waals surface area contributed by atoms with E-state index in [0.29, 0.717) is 0 Å². The molecule has 0 fully saturated rings. The predicted octanol–water partition coefficient (Wildman–Crippen LogP) is 20.1. The summed E-state index contributed by atoms with van der Waals surface area (Å²) < 4.78 is 7.35. The molecule has 6 aromatic rings. The van der Waals surface area contributed by atoms with Crippen LogP contribution >= 0.6 is 0 Å². The first-order valence-electron chi connectivity index (χ1n) is 26.7. The number of furan rings is 1. The van der Waals surface area contributed by atoms with Gasteiger partial charge in [0, 0.05) is 38.5 Å². The maximum Gasteiger partial charge on any atom is 0.144 e. The molecule has 5 aromatic carbocycles. The van der Waals surface area contributed by atoms with E-state index in [1.807, 2.05) is 0 Å². The molecule has 1 N–H and O–H groups in total. The number of para-hydroxylation sites is 2. The van der Waals surface area contributed by atoms with Crippen LogP contribution in [-0.2, 0) is 10.8 Å². The summed E-state index contributed by atoms with van der Waals surface area (Å²) in [5.74, 6) is 0. The van der Waals surface area contributed by atoms with Gasteiger partial charge in [-0.05, 0) is 95.0 Å². The molecule has 2 nitrogen and oxygen atoms in total. The number of hydrogen-bond acceptors (Lipinski definition) is 2. The molecule has 2 aliphatic carbocycles. The maximum absolute atomic E-state index is 7.35. The third-order valence-electron chi connectivity index (χ3n) is 15.7. The molecule has 2 aliphatic rings. The molecule has 0 amide bonds. The van der Waals surface area contributed by atoms with E-state index < -0.39 is 0 Å². The van der Waals surface area contributed by atoms with Crippen molar-refractivity contribution in [2.24, 2.45) is 0 Å². The van der Waals surface area contributed by atoms with E-state index in [-0.39, 0.29) is 10.8 Å². The second kappa shape index (κ2) is 22.3. The molecule has 0 aliphatic heterocycles. The van der Waals surface area contributed by atoms with Gasteiger partial charge in [0.05, 0.1) is 0 Å². The van der Waals surface area contributed by atoms with Crippen LogP contribution in [0, 0.1) is 0 Å². The van der Waals surface area contributed by atoms with E-state index in [0.717, 1.165) is 16.9 Å². The molecule has 0 saturated carbocycles. The number of benzene rings is 5. The third-order valence-corrected chi connectivity index (χ3v) is 15.7. The van der Waals surface area contributed by atoms with Crippen LogP contribution in [0.1, 0.15) is 217 Å². The maximum atomic E-state index is 7.35. The average molecular weight is 856 g/mol. The Bertz CT molecular complexity index is 2400. The number of unbranched alkanes of at least 4 members (excludes halogenated alkanes) is 18. The van der Waals surface area contributed by atoms with E-state index in [1.165, 1.54) is 206 Å². The van der Waals surface area contributed by atoms with Gasteiger partial charge in [0.2, 0.25) is 0 Å². The summed E-state index contributed by atoms with van der Waals surface area (Å²) in [5.41, 5.74) is 16.7. The monoisotopic (exact) mass is 856 g/mol. The van der Waals surface area contributed by atoms with Gasteiger partial charge in [-0.1, -0.05) is 236 Å². The van der Waals surface area contributed by atoms with Crippen molar-refractivity contribution >= 4 is 33.3 Å². The summed E-state index contributed by atoms with van der Waals surface area (Å²) in [4.78, 5) is 0. The molecule has 0 spiro atoms. The zero-order valence-electron chi connectivity index (χ0n) is 40.5. The highest BCUT2D eigenvalue weighted by Gasteiger charge is 2.54. The van der Waals surface area contributed by atoms with Crippen molar-refractivity contribution in [1.29, 1.82) is 0 Å². The summed E-state index contributed by atoms with van der Waals surface area (Å²) in [7, 11) is 0. The largest absolute Gasteiger partial charge is 0.455 e. The minimum atomic E-state index is -0.107. The van der Waals surface area contributed by atoms with Crippen LogP contribution in [-0.4, -0.2) is 0 Å². The Morgan fingerprint density at radius 1 is 0.406 bits per heavy atom. The smallest absolute Gasteiger partial charge is 0.144 e. The van der Waals surface area contributed by atoms with Crippen LogP contribution in [0.4, 0.5) is 11.4 Å². The normalized spacial score (nSPS) is 17.2. The highest BCUT2D eigenvalue weighted by molar-refractivity contribution is 6.20. The summed E-state index contributed by atoms with van der Waals surface area (Å²) in [6.07, 6.45) is 33.7. The van der Waals surface area contributed by atoms with Gasteiger partial charge in [-0.2, -0.15) is 0 Å². The lowest BCUT2D eigenvalue weighted by molar-refractivity contribution is 0.368. The molecule has 0 radical (unpaired) electrons. The van der Waals surface area contributed by atoms with Gasteiger partial charge in [-0.25, -0.2) is 0 Å². The molecular formula is C62H81NO. The fraction of sp³-hybridized carbons (Fsp3) is 0.516. The van der Waals surface area contributed by atoms with E-state index in [4.69, 9.17) is 4.42 Å². The molecule has 0 saturated heterocycles. The molecule has 1 heterocycles. The van der Waals surface area contributed by atoms with Crippen LogP contribution in [0.2, 0.25) is 0 Å². The molecule has 2 atom stereocenters. The van der Waals surface area contributed by atoms with Gasteiger partial charge in [-0.15, -0.1) is 0 Å². The topological polar surface area (TPSA) is 25.2 Å². The lowest BCUT2D eigenvalue weighted by atomic mass is 9.62. The van der Waals surface area contributed by atoms with Gasteiger partial charge in [0.1, 0.15) is 11.2 Å². The van der Waals surface area contributed by atoms with Crippen molar-refractivity contribution in [3.05, 3.63) is 119 Å². The van der Waals surface area contributed by atoms with E-state index >= 15 is 0 Å². The Kier molecular flexibility index (Phi) is 16.1. The van der Waals surface area contributed by atoms with Crippen molar-refractivity contribution in [2.45, 2.75) is 205 Å². The van der Waals surface area contributed by atoms with Crippen LogP contribution in [0.15, 0.2) is 101 Å². The van der Waals surface area contributed by atoms with Gasteiger partial charge in [0.15, 0.2) is 0 Å². The molecule has 340 valence electrons. The molecule has 64 heavy (non-hydrogen) atoms. The fourth-order valence-corrected chi connectivity index (χ4v) is 12.5. The number of nitrogens with one attached hydrogen (secondary N) is 1. The SMILES string of the molecule is CCCCCCCCC1(CCCCCCC)c2cc(Nc3ccccc3)ccc2-c2c1c1c(c3c2oc2ccccc23)-c2ccccc2C1(CCCCCCC)CCCCCCCC. The number of rotatable bonds is 28. The molecular weight excluding hydrogens is 775 g/mol. The predicted molar refractivity (Wildman–Crippen MR) is 279 cm³/mol. The lowest BCUT2D eigenvalue weighted by Gasteiger charge is -2.40. The zero-order valence-corrected chi connectivity index (χ0v) is 40.5. The third kappa shape index (κ3) is 9.37. The standard InChI is InChI=1S/C62H81NO/c1-5-9-13-17-21-32-43-61(42-30-19-15-11-7-3)52-38-28-26-36-49(52)55-56-51-37-27-29-39-54(51)64-60(56)57-50-41-40-48(63-47-34-24-23-25-35-47)46-53(50)62(59(57)58(55)61,44-31-20-16-12-8-4)45-33-22-18-14-10-6-2/h23-29,34-41,46,63H,5-22,30-33,42-45H2,1-4H3. The first kappa shape index (κ1) is 46.2. The summed E-state index contributed by atoms with van der Waals surface area (Å²) >= 11 is 0. The number of anilines is 2. The van der Waals surface area contributed by atoms with Crippen molar-refractivity contribution in [1.82, 2.24) is 0 Å². The van der Waals surface area contributed by atoms with Gasteiger partial charge in [0.25, 0.3) is 0 Å². The number of fused-ring (bicyclic) bond motifs is 12.